The lowest BCUT2D eigenvalue weighted by Gasteiger charge is -2.19. The minimum Gasteiger partial charge on any atom is -0.381 e. The molecule has 4 atom stereocenters. The lowest BCUT2D eigenvalue weighted by atomic mass is 10.1. The van der Waals surface area contributed by atoms with E-state index in [1.54, 1.807) is 24.3 Å². The van der Waals surface area contributed by atoms with Crippen molar-refractivity contribution in [1.29, 1.82) is 0 Å². The number of anilines is 2. The summed E-state index contributed by atoms with van der Waals surface area (Å²) in [6.45, 7) is 12.6. The Bertz CT molecular complexity index is 2260. The van der Waals surface area contributed by atoms with Gasteiger partial charge in [0.1, 0.15) is 9.75 Å². The molecule has 1 saturated carbocycles. The molecule has 17 heteroatoms. The van der Waals surface area contributed by atoms with Crippen LogP contribution in [-0.2, 0) is 14.3 Å². The molecule has 306 valence electrons. The second-order valence-corrected chi connectivity index (χ2v) is 16.6. The van der Waals surface area contributed by atoms with Gasteiger partial charge in [0.15, 0.2) is 0 Å². The van der Waals surface area contributed by atoms with Gasteiger partial charge in [-0.2, -0.15) is 0 Å². The van der Waals surface area contributed by atoms with Crippen LogP contribution in [0.3, 0.4) is 0 Å². The van der Waals surface area contributed by atoms with E-state index in [0.717, 1.165) is 44.4 Å². The van der Waals surface area contributed by atoms with Crippen LogP contribution in [0, 0.1) is 0 Å². The third kappa shape index (κ3) is 9.84. The Morgan fingerprint density at radius 2 is 1.22 bits per heavy atom. The third-order valence-corrected chi connectivity index (χ3v) is 12.4. The van der Waals surface area contributed by atoms with Crippen LogP contribution >= 0.6 is 22.7 Å². The molecule has 15 nitrogen and oxygen atoms in total. The zero-order valence-electron chi connectivity index (χ0n) is 32.3. The van der Waals surface area contributed by atoms with Gasteiger partial charge in [-0.1, -0.05) is 26.0 Å². The predicted molar refractivity (Wildman–Crippen MR) is 228 cm³/mol. The number of ether oxygens (including phenoxy) is 1. The topological polar surface area (TPSA) is 222 Å². The van der Waals surface area contributed by atoms with E-state index < -0.39 is 5.91 Å². The van der Waals surface area contributed by atoms with E-state index in [1.165, 1.54) is 47.7 Å². The van der Waals surface area contributed by atoms with Gasteiger partial charge in [0.2, 0.25) is 17.7 Å². The van der Waals surface area contributed by atoms with E-state index in [-0.39, 0.29) is 53.7 Å². The van der Waals surface area contributed by atoms with Gasteiger partial charge in [0.25, 0.3) is 17.7 Å². The number of primary amides is 1. The Balaban J connectivity index is 0.000000167. The van der Waals surface area contributed by atoms with Crippen LogP contribution in [0.15, 0.2) is 61.7 Å². The smallest absolute Gasteiger partial charge is 0.263 e. The fourth-order valence-electron chi connectivity index (χ4n) is 7.01. The molecule has 2 fully saturated rings. The van der Waals surface area contributed by atoms with Crippen LogP contribution in [0.5, 0.6) is 0 Å². The Morgan fingerprint density at radius 3 is 1.74 bits per heavy atom. The van der Waals surface area contributed by atoms with Crippen LogP contribution < -0.4 is 43.0 Å². The second kappa shape index (κ2) is 18.7. The summed E-state index contributed by atoms with van der Waals surface area (Å²) in [7, 11) is 0. The molecule has 4 aromatic rings. The number of amides is 6. The van der Waals surface area contributed by atoms with Gasteiger partial charge in [0.05, 0.1) is 36.7 Å². The Kier molecular flexibility index (Phi) is 13.5. The van der Waals surface area contributed by atoms with Gasteiger partial charge < -0.3 is 47.7 Å². The van der Waals surface area contributed by atoms with Crippen molar-refractivity contribution in [2.75, 3.05) is 36.9 Å². The quantitative estimate of drug-likeness (QED) is 0.126. The van der Waals surface area contributed by atoms with Gasteiger partial charge in [-0.05, 0) is 75.2 Å². The van der Waals surface area contributed by atoms with Gasteiger partial charge in [-0.25, -0.2) is 0 Å². The molecule has 4 aliphatic rings. The van der Waals surface area contributed by atoms with E-state index in [9.17, 15) is 28.8 Å². The molecule has 9 N–H and O–H groups in total. The first-order valence-corrected chi connectivity index (χ1v) is 20.7. The predicted octanol–water partition coefficient (Wildman–Crippen LogP) is 4.02. The molecule has 5 heterocycles. The molecule has 6 amide bonds. The van der Waals surface area contributed by atoms with E-state index >= 15 is 0 Å². The van der Waals surface area contributed by atoms with Crippen molar-refractivity contribution in [3.05, 3.63) is 82.6 Å². The minimum absolute atomic E-state index is 0.0220. The summed E-state index contributed by atoms with van der Waals surface area (Å²) in [6, 6.07) is 10.5. The maximum absolute atomic E-state index is 12.8. The number of benzene rings is 2. The number of carbonyl (C=O) groups is 6. The largest absolute Gasteiger partial charge is 0.381 e. The van der Waals surface area contributed by atoms with E-state index in [1.807, 2.05) is 26.0 Å². The van der Waals surface area contributed by atoms with Crippen molar-refractivity contribution in [1.82, 2.24) is 26.6 Å². The molecule has 0 spiro atoms. The van der Waals surface area contributed by atoms with Crippen molar-refractivity contribution in [3.63, 3.8) is 0 Å². The van der Waals surface area contributed by atoms with Crippen LogP contribution in [-0.4, -0.2) is 92.0 Å². The number of nitrogens with two attached hydrogens (primary N) is 1. The number of nitrogens with one attached hydrogen (secondary N) is 7. The lowest BCUT2D eigenvalue weighted by molar-refractivity contribution is -0.118. The number of fused-ring (bicyclic) bond motifs is 6. The monoisotopic (exact) mass is 828 g/mol. The summed E-state index contributed by atoms with van der Waals surface area (Å²) >= 11 is 2.82. The minimum atomic E-state index is -0.465. The highest BCUT2D eigenvalue weighted by atomic mass is 32.1. The number of thiophene rings is 2. The highest BCUT2D eigenvalue weighted by molar-refractivity contribution is 7.22. The van der Waals surface area contributed by atoms with E-state index in [4.69, 9.17) is 10.5 Å². The third-order valence-electron chi connectivity index (χ3n) is 10.1. The summed E-state index contributed by atoms with van der Waals surface area (Å²) in [5, 5.41) is 22.7. The molecule has 1 saturated heterocycles. The van der Waals surface area contributed by atoms with Crippen molar-refractivity contribution in [2.24, 2.45) is 5.73 Å². The first kappa shape index (κ1) is 41.8. The molecule has 2 aromatic carbocycles. The molecule has 3 unspecified atom stereocenters. The first-order chi connectivity index (χ1) is 27.8. The van der Waals surface area contributed by atoms with Crippen LogP contribution in [0.1, 0.15) is 79.6 Å². The summed E-state index contributed by atoms with van der Waals surface area (Å²) < 4.78 is 7.30. The summed E-state index contributed by atoms with van der Waals surface area (Å²) in [6.07, 6.45) is 7.30. The highest BCUT2D eigenvalue weighted by Crippen LogP contribution is 2.38. The molecule has 0 bridgehead atoms. The molecule has 3 aliphatic heterocycles. The lowest BCUT2D eigenvalue weighted by Crippen LogP contribution is -2.50. The zero-order chi connectivity index (χ0) is 41.5. The van der Waals surface area contributed by atoms with Crippen LogP contribution in [0.4, 0.5) is 11.4 Å². The SMILES string of the molecule is C=CC(=O)NC1CCCC1.C=CC(=O)NC1COCC1NC(=O)c1ccc2sc3c(c2c1)NCC(C)NC3=O.C[C@@H]1CNc2c(sc3ccc(C(N)=O)cc23)C(=O)N1. The first-order valence-electron chi connectivity index (χ1n) is 19.1. The fraction of sp³-hybridized carbons (Fsp3) is 0.366. The van der Waals surface area contributed by atoms with Gasteiger partial charge in [0, 0.05) is 62.5 Å². The summed E-state index contributed by atoms with van der Waals surface area (Å²) in [5.41, 5.74) is 7.79. The summed E-state index contributed by atoms with van der Waals surface area (Å²) in [5.74, 6) is -1.24. The molecule has 1 aliphatic carbocycles. The zero-order valence-corrected chi connectivity index (χ0v) is 34.0. The average molecular weight is 829 g/mol. The Morgan fingerprint density at radius 1 is 0.741 bits per heavy atom. The van der Waals surface area contributed by atoms with Gasteiger partial charge in [-0.15, -0.1) is 22.7 Å². The number of hydrogen-bond donors (Lipinski definition) is 8. The standard InChI is InChI=1S/C20H22N4O4S.C13H13N3O2S.C8H13NO/c1-3-16(25)23-13-8-28-9-14(13)24-19(26)11-4-5-15-12(6-11)17-18(29-15)20(27)22-10(2)7-21-17;1-6-5-15-10-8-4-7(12(14)17)2-3-9(8)19-11(10)13(18)16-6;1-2-8(10)9-7-5-3-4-6-7/h3-6,10,13-14,21H,1,7-9H2,2H3,(H,22,27)(H,23,25)(H,24,26);2-4,6,15H,5H2,1H3,(H2,14,17)(H,16,18);2,7H,1,3-6H2,(H,9,10)/t;6-;/m.1./s1. The number of hydrogen-bond acceptors (Lipinski definition) is 11. The van der Waals surface area contributed by atoms with Gasteiger partial charge in [-0.3, -0.25) is 28.8 Å². The van der Waals surface area contributed by atoms with Crippen LogP contribution in [0.2, 0.25) is 0 Å². The number of carbonyl (C=O) groups excluding carboxylic acids is 6. The fourth-order valence-corrected chi connectivity index (χ4v) is 9.14. The average Bonchev–Trinajstić information content (AvgIpc) is 4.00. The second-order valence-electron chi connectivity index (χ2n) is 14.5. The van der Waals surface area contributed by atoms with E-state index in [2.05, 4.69) is 50.4 Å². The molecule has 8 rings (SSSR count). The molecule has 58 heavy (non-hydrogen) atoms. The normalized spacial score (nSPS) is 21.0. The van der Waals surface area contributed by atoms with Crippen molar-refractivity contribution in [3.8, 4) is 0 Å². The van der Waals surface area contributed by atoms with Crippen LogP contribution in [0.25, 0.3) is 20.2 Å². The van der Waals surface area contributed by atoms with Crippen molar-refractivity contribution in [2.45, 2.75) is 69.7 Å². The van der Waals surface area contributed by atoms with Gasteiger partial charge >= 0.3 is 0 Å². The highest BCUT2D eigenvalue weighted by Gasteiger charge is 2.31. The molecule has 0 radical (unpaired) electrons. The maximum Gasteiger partial charge on any atom is 0.263 e. The Hall–Kier alpha value is -5.78. The summed E-state index contributed by atoms with van der Waals surface area (Å²) in [4.78, 5) is 72.1. The van der Waals surface area contributed by atoms with Crippen molar-refractivity contribution < 1.29 is 33.5 Å². The number of rotatable bonds is 7. The van der Waals surface area contributed by atoms with Crippen molar-refractivity contribution >= 4 is 89.7 Å². The Labute approximate surface area is 343 Å². The molecular formula is C41H48N8O7S2. The van der Waals surface area contributed by atoms with E-state index in [0.29, 0.717) is 53.2 Å². The molecular weight excluding hydrogens is 781 g/mol. The molecule has 2 aromatic heterocycles. The maximum atomic E-state index is 12.8.